The van der Waals surface area contributed by atoms with Gasteiger partial charge in [-0.1, -0.05) is 35.2 Å². The van der Waals surface area contributed by atoms with Gasteiger partial charge >= 0.3 is 0 Å². The first kappa shape index (κ1) is 15.6. The summed E-state index contributed by atoms with van der Waals surface area (Å²) in [7, 11) is 0. The van der Waals surface area contributed by atoms with Crippen molar-refractivity contribution in [2.75, 3.05) is 5.32 Å². The van der Waals surface area contributed by atoms with Crippen molar-refractivity contribution >= 4 is 34.7 Å². The van der Waals surface area contributed by atoms with Crippen LogP contribution in [-0.4, -0.2) is 16.1 Å². The average molecular weight is 349 g/mol. The fourth-order valence-electron chi connectivity index (χ4n) is 1.82. The van der Waals surface area contributed by atoms with Gasteiger partial charge in [0.05, 0.1) is 11.3 Å². The highest BCUT2D eigenvalue weighted by Gasteiger charge is 2.15. The topological polar surface area (TPSA) is 54.9 Å². The Kier molecular flexibility index (Phi) is 4.63. The Morgan fingerprint density at radius 1 is 1.17 bits per heavy atom. The first-order valence-electron chi connectivity index (χ1n) is 6.43. The lowest BCUT2D eigenvalue weighted by Gasteiger charge is -2.10. The minimum Gasteiger partial charge on any atom is -0.321 e. The van der Waals surface area contributed by atoms with Crippen LogP contribution in [0.5, 0.6) is 0 Å². The van der Waals surface area contributed by atoms with Crippen molar-refractivity contribution in [3.8, 4) is 0 Å². The lowest BCUT2D eigenvalue weighted by atomic mass is 10.2. The molecule has 1 heterocycles. The molecule has 0 radical (unpaired) electrons. The molecule has 0 unspecified atom stereocenters. The van der Waals surface area contributed by atoms with Gasteiger partial charge in [0, 0.05) is 4.90 Å². The number of hydrogen-bond donors (Lipinski definition) is 1. The number of rotatable bonds is 4. The van der Waals surface area contributed by atoms with Crippen molar-refractivity contribution in [2.24, 2.45) is 0 Å². The van der Waals surface area contributed by atoms with Crippen LogP contribution in [0.3, 0.4) is 0 Å². The van der Waals surface area contributed by atoms with E-state index in [1.165, 1.54) is 23.1 Å². The molecule has 0 bridgehead atoms. The van der Waals surface area contributed by atoms with Crippen molar-refractivity contribution < 1.29 is 13.6 Å². The van der Waals surface area contributed by atoms with Crippen LogP contribution in [0.15, 0.2) is 57.2 Å². The normalized spacial score (nSPS) is 10.5. The maximum absolute atomic E-state index is 13.7. The molecule has 1 aromatic heterocycles. The number of halogens is 2. The van der Waals surface area contributed by atoms with Gasteiger partial charge in [-0.15, -0.1) is 10.2 Å². The van der Waals surface area contributed by atoms with Crippen molar-refractivity contribution in [1.82, 2.24) is 10.2 Å². The summed E-state index contributed by atoms with van der Waals surface area (Å²) >= 11 is 2.69. The summed E-state index contributed by atoms with van der Waals surface area (Å²) in [6.07, 6.45) is 0. The fraction of sp³-hybridized carbons (Fsp3) is 0. The number of carbonyl (C=O) groups excluding carboxylic acids is 1. The van der Waals surface area contributed by atoms with E-state index in [0.29, 0.717) is 10.0 Å². The van der Waals surface area contributed by atoms with Crippen molar-refractivity contribution in [1.29, 1.82) is 0 Å². The van der Waals surface area contributed by atoms with Crippen LogP contribution in [0.4, 0.5) is 14.5 Å². The van der Waals surface area contributed by atoms with Crippen LogP contribution in [0.25, 0.3) is 0 Å². The van der Waals surface area contributed by atoms with Crippen LogP contribution in [0, 0.1) is 11.6 Å². The van der Waals surface area contributed by atoms with Crippen molar-refractivity contribution in [2.45, 2.75) is 9.24 Å². The molecular weight excluding hydrogens is 340 g/mol. The highest BCUT2D eigenvalue weighted by molar-refractivity contribution is 8.01. The van der Waals surface area contributed by atoms with Crippen LogP contribution in [0.2, 0.25) is 0 Å². The first-order chi connectivity index (χ1) is 11.1. The molecule has 0 fully saturated rings. The quantitative estimate of drug-likeness (QED) is 0.766. The lowest BCUT2D eigenvalue weighted by Crippen LogP contribution is -2.14. The minimum atomic E-state index is -0.779. The first-order valence-corrected chi connectivity index (χ1v) is 8.12. The van der Waals surface area contributed by atoms with Gasteiger partial charge in [0.15, 0.2) is 4.34 Å². The van der Waals surface area contributed by atoms with E-state index >= 15 is 0 Å². The Bertz CT molecular complexity index is 840. The third kappa shape index (κ3) is 3.72. The van der Waals surface area contributed by atoms with Gasteiger partial charge in [-0.2, -0.15) is 0 Å². The summed E-state index contributed by atoms with van der Waals surface area (Å²) in [4.78, 5) is 12.9. The molecule has 1 amide bonds. The molecule has 23 heavy (non-hydrogen) atoms. The second-order valence-corrected chi connectivity index (χ2v) is 6.50. The summed E-state index contributed by atoms with van der Waals surface area (Å²) in [6.45, 7) is 0. The predicted octanol–water partition coefficient (Wildman–Crippen LogP) is 4.22. The van der Waals surface area contributed by atoms with E-state index in [1.807, 2.05) is 6.07 Å². The summed E-state index contributed by atoms with van der Waals surface area (Å²) in [6, 6.07) is 9.77. The number of hydrogen-bond acceptors (Lipinski definition) is 5. The van der Waals surface area contributed by atoms with E-state index in [4.69, 9.17) is 0 Å². The molecule has 0 aliphatic heterocycles. The number of nitrogens with one attached hydrogen (secondary N) is 1. The number of amides is 1. The van der Waals surface area contributed by atoms with Crippen LogP contribution in [-0.2, 0) is 0 Å². The molecule has 8 heteroatoms. The molecule has 0 spiro atoms. The molecule has 0 saturated carbocycles. The van der Waals surface area contributed by atoms with Crippen molar-refractivity contribution in [3.63, 3.8) is 0 Å². The zero-order valence-electron chi connectivity index (χ0n) is 11.5. The Hall–Kier alpha value is -2.32. The largest absolute Gasteiger partial charge is 0.321 e. The van der Waals surface area contributed by atoms with Gasteiger partial charge in [-0.25, -0.2) is 8.78 Å². The average Bonchev–Trinajstić information content (AvgIpc) is 3.04. The smallest absolute Gasteiger partial charge is 0.258 e. The molecule has 2 aromatic carbocycles. The van der Waals surface area contributed by atoms with E-state index in [0.717, 1.165) is 23.1 Å². The highest BCUT2D eigenvalue weighted by Crippen LogP contribution is 2.34. The van der Waals surface area contributed by atoms with Gasteiger partial charge in [0.2, 0.25) is 0 Å². The van der Waals surface area contributed by atoms with Crippen molar-refractivity contribution in [3.05, 3.63) is 65.2 Å². The Labute approximate surface area is 138 Å². The summed E-state index contributed by atoms with van der Waals surface area (Å²) in [5.41, 5.74) is 1.74. The highest BCUT2D eigenvalue weighted by atomic mass is 32.2. The van der Waals surface area contributed by atoms with Crippen LogP contribution < -0.4 is 5.32 Å². The Morgan fingerprint density at radius 3 is 2.78 bits per heavy atom. The number of anilines is 1. The van der Waals surface area contributed by atoms with Crippen LogP contribution >= 0.6 is 23.1 Å². The number of nitrogens with zero attached hydrogens (tertiary/aromatic N) is 2. The van der Waals surface area contributed by atoms with E-state index in [1.54, 1.807) is 23.7 Å². The van der Waals surface area contributed by atoms with Gasteiger partial charge in [-0.05, 0) is 30.3 Å². The van der Waals surface area contributed by atoms with Gasteiger partial charge in [0.1, 0.15) is 17.1 Å². The Balaban J connectivity index is 1.85. The summed E-state index contributed by atoms with van der Waals surface area (Å²) in [5, 5.41) is 10.3. The maximum atomic E-state index is 13.7. The molecule has 116 valence electrons. The molecule has 4 nitrogen and oxygen atoms in total. The lowest BCUT2D eigenvalue weighted by molar-refractivity contribution is 0.102. The van der Waals surface area contributed by atoms with E-state index in [2.05, 4.69) is 15.5 Å². The number of aromatic nitrogens is 2. The molecular formula is C15H9F2N3OS2. The van der Waals surface area contributed by atoms with E-state index in [-0.39, 0.29) is 5.56 Å². The molecule has 0 aliphatic rings. The minimum absolute atomic E-state index is 0.347. The van der Waals surface area contributed by atoms with Gasteiger partial charge < -0.3 is 5.32 Å². The van der Waals surface area contributed by atoms with Crippen LogP contribution in [0.1, 0.15) is 10.4 Å². The molecule has 3 rings (SSSR count). The Morgan fingerprint density at radius 2 is 2.00 bits per heavy atom. The summed E-state index contributed by atoms with van der Waals surface area (Å²) < 4.78 is 27.6. The number of carbonyl (C=O) groups is 1. The SMILES string of the molecule is O=C(Nc1ccccc1Sc1nncs1)c1cc(F)ccc1F. The third-order valence-corrected chi connectivity index (χ3v) is 4.70. The molecule has 1 N–H and O–H groups in total. The third-order valence-electron chi connectivity index (χ3n) is 2.85. The number of para-hydroxylation sites is 1. The van der Waals surface area contributed by atoms with Gasteiger partial charge in [0.25, 0.3) is 5.91 Å². The zero-order valence-corrected chi connectivity index (χ0v) is 13.1. The molecule has 3 aromatic rings. The number of benzene rings is 2. The second-order valence-electron chi connectivity index (χ2n) is 4.38. The molecule has 0 aliphatic carbocycles. The predicted molar refractivity (Wildman–Crippen MR) is 84.8 cm³/mol. The molecule has 0 saturated heterocycles. The molecule has 0 atom stereocenters. The van der Waals surface area contributed by atoms with E-state index < -0.39 is 17.5 Å². The zero-order chi connectivity index (χ0) is 16.2. The monoisotopic (exact) mass is 349 g/mol. The fourth-order valence-corrected chi connectivity index (χ4v) is 3.34. The second kappa shape index (κ2) is 6.84. The van der Waals surface area contributed by atoms with Gasteiger partial charge in [-0.3, -0.25) is 4.79 Å². The van der Waals surface area contributed by atoms with E-state index in [9.17, 15) is 13.6 Å². The maximum Gasteiger partial charge on any atom is 0.258 e. The summed E-state index contributed by atoms with van der Waals surface area (Å²) in [5.74, 6) is -2.17. The standard InChI is InChI=1S/C15H9F2N3OS2/c16-9-5-6-11(17)10(7-9)14(21)19-12-3-1-2-4-13(12)23-15-20-18-8-22-15/h1-8H,(H,19,21).